The molecule has 0 saturated heterocycles. The van der Waals surface area contributed by atoms with Crippen molar-refractivity contribution < 1.29 is 0 Å². The second-order valence-electron chi connectivity index (χ2n) is 5.11. The van der Waals surface area contributed by atoms with Crippen LogP contribution < -0.4 is 0 Å². The third kappa shape index (κ3) is 3.04. The first-order valence-corrected chi connectivity index (χ1v) is 8.29. The molecule has 0 fully saturated rings. The predicted molar refractivity (Wildman–Crippen MR) is 95.3 cm³/mol. The lowest BCUT2D eigenvalue weighted by Crippen LogP contribution is -1.84. The van der Waals surface area contributed by atoms with E-state index in [-0.39, 0.29) is 0 Å². The Kier molecular flexibility index (Phi) is 4.04. The summed E-state index contributed by atoms with van der Waals surface area (Å²) in [5.74, 6) is 0.600. The summed E-state index contributed by atoms with van der Waals surface area (Å²) in [6.07, 6.45) is 3.28. The molecule has 6 heteroatoms. The summed E-state index contributed by atoms with van der Waals surface area (Å²) in [7, 11) is 0. The van der Waals surface area contributed by atoms with E-state index < -0.39 is 0 Å². The number of pyridine rings is 1. The summed E-state index contributed by atoms with van der Waals surface area (Å²) >= 11 is 1.63. The number of fused-ring (bicyclic) bond motifs is 1. The van der Waals surface area contributed by atoms with Gasteiger partial charge in [-0.25, -0.2) is 9.97 Å². The van der Waals surface area contributed by atoms with Crippen molar-refractivity contribution in [2.75, 3.05) is 0 Å². The van der Waals surface area contributed by atoms with Crippen LogP contribution in [0.5, 0.6) is 0 Å². The molecule has 4 rings (SSSR count). The van der Waals surface area contributed by atoms with Gasteiger partial charge in [0.15, 0.2) is 5.82 Å². The van der Waals surface area contributed by atoms with Gasteiger partial charge in [-0.1, -0.05) is 36.4 Å². The molecule has 0 saturated carbocycles. The molecule has 0 amide bonds. The van der Waals surface area contributed by atoms with E-state index in [0.29, 0.717) is 12.4 Å². The highest BCUT2D eigenvalue weighted by atomic mass is 32.1. The largest absolute Gasteiger partial charge is 0.259 e. The zero-order valence-corrected chi connectivity index (χ0v) is 13.5. The molecule has 4 aromatic rings. The zero-order valence-electron chi connectivity index (χ0n) is 12.7. The Hall–Kier alpha value is -2.99. The minimum Gasteiger partial charge on any atom is -0.259 e. The maximum absolute atomic E-state index is 4.34. The summed E-state index contributed by atoms with van der Waals surface area (Å²) in [5.41, 5.74) is 2.93. The fourth-order valence-electron chi connectivity index (χ4n) is 2.32. The Labute approximate surface area is 142 Å². The first-order valence-electron chi connectivity index (χ1n) is 7.47. The minimum absolute atomic E-state index is 0.434. The van der Waals surface area contributed by atoms with Gasteiger partial charge in [-0.05, 0) is 23.8 Å². The Morgan fingerprint density at radius 1 is 0.917 bits per heavy atom. The third-order valence-electron chi connectivity index (χ3n) is 3.47. The van der Waals surface area contributed by atoms with Gasteiger partial charge in [0, 0.05) is 11.1 Å². The minimum atomic E-state index is 0.434. The van der Waals surface area contributed by atoms with Crippen LogP contribution in [-0.2, 0) is 6.54 Å². The molecule has 0 N–H and O–H groups in total. The van der Waals surface area contributed by atoms with Crippen LogP contribution in [-0.4, -0.2) is 15.0 Å². The molecule has 3 heterocycles. The van der Waals surface area contributed by atoms with Gasteiger partial charge >= 0.3 is 0 Å². The number of aromatic nitrogens is 3. The van der Waals surface area contributed by atoms with Gasteiger partial charge in [-0.15, -0.1) is 16.5 Å². The summed E-state index contributed by atoms with van der Waals surface area (Å²) in [4.78, 5) is 14.0. The molecule has 0 unspecified atom stereocenters. The number of hydrogen-bond donors (Lipinski definition) is 0. The van der Waals surface area contributed by atoms with E-state index in [2.05, 4.69) is 43.4 Å². The van der Waals surface area contributed by atoms with Crippen LogP contribution in [0.15, 0.2) is 77.3 Å². The molecule has 0 aliphatic rings. The Morgan fingerprint density at radius 2 is 1.79 bits per heavy atom. The summed E-state index contributed by atoms with van der Waals surface area (Å²) in [6.45, 7) is 0.434. The van der Waals surface area contributed by atoms with E-state index in [4.69, 9.17) is 0 Å². The van der Waals surface area contributed by atoms with Gasteiger partial charge in [0.25, 0.3) is 0 Å². The molecule has 1 aromatic carbocycles. The molecular formula is C18H13N5S. The number of benzene rings is 1. The first kappa shape index (κ1) is 14.6. The Bertz CT molecular complexity index is 980. The number of hydrogen-bond acceptors (Lipinski definition) is 6. The van der Waals surface area contributed by atoms with E-state index in [1.807, 2.05) is 36.4 Å². The van der Waals surface area contributed by atoms with Crippen molar-refractivity contribution in [3.8, 4) is 10.4 Å². The number of azo groups is 1. The summed E-state index contributed by atoms with van der Waals surface area (Å²) < 4.78 is 0.945. The van der Waals surface area contributed by atoms with Crippen LogP contribution in [0.3, 0.4) is 0 Å². The number of thiophene rings is 1. The number of rotatable bonds is 4. The topological polar surface area (TPSA) is 63.4 Å². The normalized spacial score (nSPS) is 11.3. The van der Waals surface area contributed by atoms with Gasteiger partial charge < -0.3 is 0 Å². The van der Waals surface area contributed by atoms with E-state index >= 15 is 0 Å². The lowest BCUT2D eigenvalue weighted by atomic mass is 10.2. The SMILES string of the molecule is c1ccc(-c2cc3ncnc(N=NCc4ccccn4)c3s2)cc1. The van der Waals surface area contributed by atoms with Crippen molar-refractivity contribution in [1.29, 1.82) is 0 Å². The molecule has 3 aromatic heterocycles. The monoisotopic (exact) mass is 331 g/mol. The van der Waals surface area contributed by atoms with Gasteiger partial charge in [0.2, 0.25) is 0 Å². The molecule has 0 aliphatic heterocycles. The van der Waals surface area contributed by atoms with Crippen LogP contribution in [0.2, 0.25) is 0 Å². The van der Waals surface area contributed by atoms with Gasteiger partial charge in [0.05, 0.1) is 15.9 Å². The van der Waals surface area contributed by atoms with Crippen molar-refractivity contribution in [3.63, 3.8) is 0 Å². The van der Waals surface area contributed by atoms with E-state index in [1.54, 1.807) is 17.5 Å². The molecule has 116 valence electrons. The molecule has 0 bridgehead atoms. The third-order valence-corrected chi connectivity index (χ3v) is 4.64. The molecule has 0 aliphatic carbocycles. The molecule has 0 atom stereocenters. The van der Waals surface area contributed by atoms with Crippen LogP contribution in [0.1, 0.15) is 5.69 Å². The van der Waals surface area contributed by atoms with Crippen LogP contribution in [0.4, 0.5) is 5.82 Å². The summed E-state index contributed by atoms with van der Waals surface area (Å²) in [5, 5.41) is 8.50. The maximum Gasteiger partial charge on any atom is 0.195 e. The van der Waals surface area contributed by atoms with Crippen LogP contribution in [0, 0.1) is 0 Å². The lowest BCUT2D eigenvalue weighted by molar-refractivity contribution is 0.908. The smallest absolute Gasteiger partial charge is 0.195 e. The zero-order chi connectivity index (χ0) is 16.2. The van der Waals surface area contributed by atoms with Gasteiger partial charge in [-0.2, -0.15) is 5.11 Å². The lowest BCUT2D eigenvalue weighted by Gasteiger charge is -1.95. The highest BCUT2D eigenvalue weighted by molar-refractivity contribution is 7.22. The highest BCUT2D eigenvalue weighted by Gasteiger charge is 2.09. The fourth-order valence-corrected chi connectivity index (χ4v) is 3.37. The Morgan fingerprint density at radius 3 is 2.62 bits per heavy atom. The average molecular weight is 331 g/mol. The molecule has 5 nitrogen and oxygen atoms in total. The number of nitrogens with zero attached hydrogens (tertiary/aromatic N) is 5. The van der Waals surface area contributed by atoms with Gasteiger partial charge in [0.1, 0.15) is 12.9 Å². The van der Waals surface area contributed by atoms with Crippen molar-refractivity contribution in [2.45, 2.75) is 6.54 Å². The van der Waals surface area contributed by atoms with E-state index in [0.717, 1.165) is 26.4 Å². The molecular weight excluding hydrogens is 318 g/mol. The van der Waals surface area contributed by atoms with Crippen LogP contribution in [0.25, 0.3) is 20.7 Å². The van der Waals surface area contributed by atoms with Crippen LogP contribution >= 0.6 is 11.3 Å². The quantitative estimate of drug-likeness (QED) is 0.492. The molecule has 24 heavy (non-hydrogen) atoms. The molecule has 0 spiro atoms. The second-order valence-corrected chi connectivity index (χ2v) is 6.16. The molecule has 0 radical (unpaired) electrons. The summed E-state index contributed by atoms with van der Waals surface area (Å²) in [6, 6.07) is 18.0. The highest BCUT2D eigenvalue weighted by Crippen LogP contribution is 2.36. The fraction of sp³-hybridized carbons (Fsp3) is 0.0556. The van der Waals surface area contributed by atoms with Crippen molar-refractivity contribution in [1.82, 2.24) is 15.0 Å². The van der Waals surface area contributed by atoms with E-state index in [9.17, 15) is 0 Å². The first-order chi connectivity index (χ1) is 11.9. The predicted octanol–water partition coefficient (Wildman–Crippen LogP) is 5.04. The van der Waals surface area contributed by atoms with Crippen molar-refractivity contribution >= 4 is 27.4 Å². The maximum atomic E-state index is 4.34. The van der Waals surface area contributed by atoms with Crippen molar-refractivity contribution in [2.24, 2.45) is 10.2 Å². The standard InChI is InChI=1S/C18H13N5S/c1-2-6-13(7-3-1)16-10-15-17(24-16)18(21-12-20-15)23-22-11-14-8-4-5-9-19-14/h1-10,12H,11H2. The van der Waals surface area contributed by atoms with Crippen molar-refractivity contribution in [3.05, 3.63) is 72.8 Å². The van der Waals surface area contributed by atoms with E-state index in [1.165, 1.54) is 6.33 Å². The average Bonchev–Trinajstić information content (AvgIpc) is 3.09. The second kappa shape index (κ2) is 6.64. The Balaban J connectivity index is 1.65. The van der Waals surface area contributed by atoms with Gasteiger partial charge in [-0.3, -0.25) is 4.98 Å².